The van der Waals surface area contributed by atoms with Crippen molar-refractivity contribution in [1.29, 1.82) is 0 Å². The van der Waals surface area contributed by atoms with Gasteiger partial charge in [0.2, 0.25) is 0 Å². The number of carbonyl (C=O) groups is 1. The molecule has 1 amide bonds. The van der Waals surface area contributed by atoms with Crippen molar-refractivity contribution in [3.63, 3.8) is 0 Å². The van der Waals surface area contributed by atoms with Crippen LogP contribution in [0.25, 0.3) is 0 Å². The van der Waals surface area contributed by atoms with Crippen LogP contribution in [0.2, 0.25) is 5.02 Å². The molecular formula is C15H18ClN3O2S. The molecule has 2 rings (SSSR count). The molecule has 5 nitrogen and oxygen atoms in total. The summed E-state index contributed by atoms with van der Waals surface area (Å²) in [6.07, 6.45) is 1.66. The number of hydrogen-bond donors (Lipinski definition) is 0. The van der Waals surface area contributed by atoms with Crippen LogP contribution in [0.3, 0.4) is 0 Å². The Bertz CT molecular complexity index is 656. The van der Waals surface area contributed by atoms with E-state index < -0.39 is 0 Å². The first-order chi connectivity index (χ1) is 10.6. The lowest BCUT2D eigenvalue weighted by Crippen LogP contribution is -2.34. The third kappa shape index (κ3) is 3.75. The molecule has 0 aliphatic heterocycles. The summed E-state index contributed by atoms with van der Waals surface area (Å²) < 4.78 is 6.54. The van der Waals surface area contributed by atoms with Gasteiger partial charge in [0.1, 0.15) is 10.8 Å². The molecule has 0 bridgehead atoms. The van der Waals surface area contributed by atoms with Gasteiger partial charge in [-0.3, -0.25) is 0 Å². The molecule has 1 heterocycles. The lowest BCUT2D eigenvalue weighted by molar-refractivity contribution is 0.201. The molecule has 0 aliphatic carbocycles. The Morgan fingerprint density at radius 1 is 1.36 bits per heavy atom. The van der Waals surface area contributed by atoms with Crippen molar-refractivity contribution in [2.24, 2.45) is 0 Å². The molecule has 0 radical (unpaired) electrons. The van der Waals surface area contributed by atoms with Gasteiger partial charge in [-0.25, -0.2) is 4.79 Å². The first-order valence-electron chi connectivity index (χ1n) is 6.95. The van der Waals surface area contributed by atoms with Crippen molar-refractivity contribution in [3.8, 4) is 5.75 Å². The largest absolute Gasteiger partial charge is 0.497 e. The van der Waals surface area contributed by atoms with Crippen molar-refractivity contribution in [2.75, 3.05) is 20.2 Å². The molecule has 0 saturated heterocycles. The summed E-state index contributed by atoms with van der Waals surface area (Å²) in [7, 11) is 1.61. The van der Waals surface area contributed by atoms with Crippen molar-refractivity contribution in [1.82, 2.24) is 14.7 Å². The highest BCUT2D eigenvalue weighted by atomic mass is 35.5. The van der Waals surface area contributed by atoms with Gasteiger partial charge in [0, 0.05) is 24.2 Å². The number of rotatable bonds is 5. The second-order valence-corrected chi connectivity index (χ2v) is 5.92. The van der Waals surface area contributed by atoms with E-state index in [1.807, 2.05) is 19.9 Å². The molecule has 7 heteroatoms. The molecule has 0 aliphatic rings. The van der Waals surface area contributed by atoms with E-state index in [-0.39, 0.29) is 6.03 Å². The Kier molecular flexibility index (Phi) is 5.74. The lowest BCUT2D eigenvalue weighted by Gasteiger charge is -2.17. The van der Waals surface area contributed by atoms with E-state index in [1.165, 1.54) is 16.4 Å². The zero-order chi connectivity index (χ0) is 16.1. The van der Waals surface area contributed by atoms with Gasteiger partial charge in [-0.1, -0.05) is 23.4 Å². The summed E-state index contributed by atoms with van der Waals surface area (Å²) in [6.45, 7) is 5.19. The minimum absolute atomic E-state index is 0.131. The Hall–Kier alpha value is -1.66. The number of halogens is 1. The zero-order valence-electron chi connectivity index (χ0n) is 12.7. The fourth-order valence-corrected chi connectivity index (χ4v) is 2.97. The summed E-state index contributed by atoms with van der Waals surface area (Å²) in [5, 5.41) is 5.63. The van der Waals surface area contributed by atoms with E-state index >= 15 is 0 Å². The number of nitrogens with zero attached hydrogens (tertiary/aromatic N) is 3. The molecule has 1 aromatic carbocycles. The van der Waals surface area contributed by atoms with E-state index in [0.717, 1.165) is 10.6 Å². The fraction of sp³-hybridized carbons (Fsp3) is 0.333. The van der Waals surface area contributed by atoms with Gasteiger partial charge in [-0.15, -0.1) is 0 Å². The van der Waals surface area contributed by atoms with Crippen LogP contribution in [0.5, 0.6) is 5.75 Å². The van der Waals surface area contributed by atoms with E-state index in [1.54, 1.807) is 36.4 Å². The zero-order valence-corrected chi connectivity index (χ0v) is 14.3. The number of ether oxygens (including phenoxy) is 1. The number of benzene rings is 1. The molecule has 22 heavy (non-hydrogen) atoms. The number of hydrogen-bond acceptors (Lipinski definition) is 4. The number of amides is 1. The van der Waals surface area contributed by atoms with Crippen LogP contribution in [-0.4, -0.2) is 40.9 Å². The predicted molar refractivity (Wildman–Crippen MR) is 88.1 cm³/mol. The molecule has 1 aromatic heterocycles. The van der Waals surface area contributed by atoms with E-state index in [2.05, 4.69) is 5.10 Å². The van der Waals surface area contributed by atoms with Gasteiger partial charge >= 0.3 is 6.03 Å². The number of carbonyl (C=O) groups excluding carboxylic acids is 1. The summed E-state index contributed by atoms with van der Waals surface area (Å²) in [5.41, 5.74) is 0. The van der Waals surface area contributed by atoms with Gasteiger partial charge in [-0.2, -0.15) is 9.78 Å². The van der Waals surface area contributed by atoms with E-state index in [9.17, 15) is 4.79 Å². The molecule has 0 N–H and O–H groups in total. The third-order valence-corrected chi connectivity index (χ3v) is 4.57. The Balaban J connectivity index is 2.17. The fourth-order valence-electron chi connectivity index (χ4n) is 1.91. The summed E-state index contributed by atoms with van der Waals surface area (Å²) in [5.74, 6) is 0.727. The first-order valence-corrected chi connectivity index (χ1v) is 8.14. The van der Waals surface area contributed by atoms with Crippen LogP contribution in [0.15, 0.2) is 40.4 Å². The molecular weight excluding hydrogens is 322 g/mol. The number of aromatic nitrogens is 2. The second-order valence-electron chi connectivity index (χ2n) is 4.45. The van der Waals surface area contributed by atoms with Crippen molar-refractivity contribution >= 4 is 29.4 Å². The van der Waals surface area contributed by atoms with Crippen molar-refractivity contribution in [2.45, 2.75) is 23.8 Å². The van der Waals surface area contributed by atoms with Crippen molar-refractivity contribution < 1.29 is 9.53 Å². The second kappa shape index (κ2) is 7.56. The van der Waals surface area contributed by atoms with Crippen LogP contribution in [0.1, 0.15) is 13.8 Å². The van der Waals surface area contributed by atoms with Crippen LogP contribution in [0.4, 0.5) is 4.79 Å². The highest BCUT2D eigenvalue weighted by molar-refractivity contribution is 7.99. The maximum Gasteiger partial charge on any atom is 0.344 e. The van der Waals surface area contributed by atoms with E-state index in [0.29, 0.717) is 23.1 Å². The topological polar surface area (TPSA) is 47.4 Å². The summed E-state index contributed by atoms with van der Waals surface area (Å²) in [6, 6.07) is 7.09. The Labute approximate surface area is 139 Å². The quantitative estimate of drug-likeness (QED) is 0.825. The van der Waals surface area contributed by atoms with Crippen LogP contribution in [-0.2, 0) is 0 Å². The highest BCUT2D eigenvalue weighted by Crippen LogP contribution is 2.34. The van der Waals surface area contributed by atoms with Gasteiger partial charge in [0.25, 0.3) is 0 Å². The van der Waals surface area contributed by atoms with Gasteiger partial charge in [-0.05, 0) is 38.1 Å². The average molecular weight is 340 g/mol. The maximum atomic E-state index is 12.2. The van der Waals surface area contributed by atoms with Gasteiger partial charge < -0.3 is 9.64 Å². The van der Waals surface area contributed by atoms with Gasteiger partial charge in [0.05, 0.1) is 12.1 Å². The molecule has 0 saturated carbocycles. The van der Waals surface area contributed by atoms with Crippen LogP contribution >= 0.6 is 23.4 Å². The Morgan fingerprint density at radius 2 is 2.09 bits per heavy atom. The monoisotopic (exact) mass is 339 g/mol. The first kappa shape index (κ1) is 16.7. The van der Waals surface area contributed by atoms with Gasteiger partial charge in [0.15, 0.2) is 0 Å². The standard InChI is InChI=1S/C15H18ClN3O2S/c1-4-18(5-2)15(20)19-9-8-14(17-19)22-13-10-11(21-3)6-7-12(13)16/h6-10H,4-5H2,1-3H3. The minimum Gasteiger partial charge on any atom is -0.497 e. The smallest absolute Gasteiger partial charge is 0.344 e. The van der Waals surface area contributed by atoms with Crippen LogP contribution in [0, 0.1) is 0 Å². The van der Waals surface area contributed by atoms with Crippen molar-refractivity contribution in [3.05, 3.63) is 35.5 Å². The summed E-state index contributed by atoms with van der Waals surface area (Å²) in [4.78, 5) is 14.8. The normalized spacial score (nSPS) is 10.5. The molecule has 0 atom stereocenters. The Morgan fingerprint density at radius 3 is 2.73 bits per heavy atom. The molecule has 2 aromatic rings. The van der Waals surface area contributed by atoms with Crippen LogP contribution < -0.4 is 4.74 Å². The molecule has 0 spiro atoms. The average Bonchev–Trinajstić information content (AvgIpc) is 2.99. The molecule has 0 unspecified atom stereocenters. The SMILES string of the molecule is CCN(CC)C(=O)n1ccc(Sc2cc(OC)ccc2Cl)n1. The van der Waals surface area contributed by atoms with E-state index in [4.69, 9.17) is 16.3 Å². The highest BCUT2D eigenvalue weighted by Gasteiger charge is 2.14. The predicted octanol–water partition coefficient (Wildman–Crippen LogP) is 4.01. The maximum absolute atomic E-state index is 12.2. The summed E-state index contributed by atoms with van der Waals surface area (Å²) >= 11 is 7.58. The minimum atomic E-state index is -0.131. The third-order valence-electron chi connectivity index (χ3n) is 3.15. The number of methoxy groups -OCH3 is 1. The molecule has 118 valence electrons. The lowest BCUT2D eigenvalue weighted by atomic mass is 10.3. The molecule has 0 fully saturated rings.